The van der Waals surface area contributed by atoms with Gasteiger partial charge in [-0.3, -0.25) is 4.79 Å². The molecule has 3 nitrogen and oxygen atoms in total. The summed E-state index contributed by atoms with van der Waals surface area (Å²) < 4.78 is 13.2. The summed E-state index contributed by atoms with van der Waals surface area (Å²) in [7, 11) is 0. The van der Waals surface area contributed by atoms with Crippen molar-refractivity contribution >= 4 is 35.0 Å². The second kappa shape index (κ2) is 6.36. The van der Waals surface area contributed by atoms with Crippen molar-refractivity contribution in [1.82, 2.24) is 0 Å². The van der Waals surface area contributed by atoms with Crippen LogP contribution < -0.4 is 5.32 Å². The number of nitriles is 1. The number of carbonyl (C=O) groups excluding carboxylic acids is 1. The van der Waals surface area contributed by atoms with E-state index in [1.54, 1.807) is 0 Å². The van der Waals surface area contributed by atoms with Gasteiger partial charge in [-0.25, -0.2) is 4.39 Å². The Morgan fingerprint density at radius 2 is 2.38 bits per heavy atom. The van der Waals surface area contributed by atoms with Gasteiger partial charge < -0.3 is 5.32 Å². The third-order valence-electron chi connectivity index (χ3n) is 1.60. The maximum absolute atomic E-state index is 13.2. The number of benzene rings is 1. The molecule has 0 saturated carbocycles. The van der Waals surface area contributed by atoms with Crippen LogP contribution in [0, 0.1) is 17.1 Å². The number of amides is 1. The average molecular weight is 259 g/mol. The highest BCUT2D eigenvalue weighted by molar-refractivity contribution is 8.00. The molecule has 0 aliphatic rings. The zero-order valence-corrected chi connectivity index (χ0v) is 9.74. The van der Waals surface area contributed by atoms with Gasteiger partial charge in [-0.15, -0.1) is 11.8 Å². The van der Waals surface area contributed by atoms with Gasteiger partial charge in [0.2, 0.25) is 5.91 Å². The summed E-state index contributed by atoms with van der Waals surface area (Å²) in [5.74, 6) is -0.570. The summed E-state index contributed by atoms with van der Waals surface area (Å²) in [5.41, 5.74) is 0.0898. The number of nitrogens with one attached hydrogen (secondary N) is 1. The number of carbonyl (C=O) groups is 1. The molecule has 1 N–H and O–H groups in total. The Balaban J connectivity index is 2.53. The van der Waals surface area contributed by atoms with E-state index in [1.807, 2.05) is 6.07 Å². The smallest absolute Gasteiger partial charge is 0.234 e. The summed E-state index contributed by atoms with van der Waals surface area (Å²) in [5, 5.41) is 10.9. The lowest BCUT2D eigenvalue weighted by molar-refractivity contribution is -0.113. The van der Waals surface area contributed by atoms with E-state index in [1.165, 1.54) is 23.9 Å². The van der Waals surface area contributed by atoms with Crippen LogP contribution in [0.2, 0.25) is 5.02 Å². The average Bonchev–Trinajstić information content (AvgIpc) is 2.23. The van der Waals surface area contributed by atoms with Gasteiger partial charge in [0.15, 0.2) is 0 Å². The maximum Gasteiger partial charge on any atom is 0.234 e. The Kier molecular flexibility index (Phi) is 5.09. The van der Waals surface area contributed by atoms with Crippen molar-refractivity contribution in [3.05, 3.63) is 29.0 Å². The first-order chi connectivity index (χ1) is 7.63. The molecule has 0 fully saturated rings. The SMILES string of the molecule is N#CCSCC(=O)Nc1ccc(Cl)cc1F. The van der Waals surface area contributed by atoms with Crippen molar-refractivity contribution in [2.45, 2.75) is 0 Å². The van der Waals surface area contributed by atoms with Gasteiger partial charge in [0.05, 0.1) is 23.3 Å². The molecule has 0 aliphatic carbocycles. The Bertz CT molecular complexity index is 433. The number of hydrogen-bond donors (Lipinski definition) is 1. The van der Waals surface area contributed by atoms with Crippen molar-refractivity contribution in [3.8, 4) is 6.07 Å². The van der Waals surface area contributed by atoms with Crippen LogP contribution >= 0.6 is 23.4 Å². The molecule has 16 heavy (non-hydrogen) atoms. The zero-order valence-electron chi connectivity index (χ0n) is 8.17. The standard InChI is InChI=1S/C10H8ClFN2OS/c11-7-1-2-9(8(12)5-7)14-10(15)6-16-4-3-13/h1-2,5H,4,6H2,(H,14,15). The first kappa shape index (κ1) is 12.8. The lowest BCUT2D eigenvalue weighted by Gasteiger charge is -2.05. The number of anilines is 1. The minimum atomic E-state index is -0.578. The molecule has 0 radical (unpaired) electrons. The summed E-state index contributed by atoms with van der Waals surface area (Å²) in [6.45, 7) is 0. The molecule has 0 spiro atoms. The lowest BCUT2D eigenvalue weighted by atomic mass is 10.3. The van der Waals surface area contributed by atoms with Crippen LogP contribution in [0.1, 0.15) is 0 Å². The molecule has 1 aromatic carbocycles. The normalized spacial score (nSPS) is 9.56. The van der Waals surface area contributed by atoms with Gasteiger partial charge in [0.25, 0.3) is 0 Å². The fourth-order valence-corrected chi connectivity index (χ4v) is 1.58. The predicted octanol–water partition coefficient (Wildman–Crippen LogP) is 2.67. The van der Waals surface area contributed by atoms with Crippen LogP contribution in [0.5, 0.6) is 0 Å². The van der Waals surface area contributed by atoms with E-state index >= 15 is 0 Å². The van der Waals surface area contributed by atoms with E-state index < -0.39 is 5.82 Å². The monoisotopic (exact) mass is 258 g/mol. The number of nitrogens with zero attached hydrogens (tertiary/aromatic N) is 1. The van der Waals surface area contributed by atoms with Crippen LogP contribution in [0.25, 0.3) is 0 Å². The maximum atomic E-state index is 13.2. The summed E-state index contributed by atoms with van der Waals surface area (Å²) in [4.78, 5) is 11.3. The molecule has 0 aliphatic heterocycles. The molecule has 1 amide bonds. The van der Waals surface area contributed by atoms with Crippen LogP contribution in [0.4, 0.5) is 10.1 Å². The summed E-state index contributed by atoms with van der Waals surface area (Å²) in [6.07, 6.45) is 0. The highest BCUT2D eigenvalue weighted by Crippen LogP contribution is 2.18. The molecule has 84 valence electrons. The van der Waals surface area contributed by atoms with E-state index in [9.17, 15) is 9.18 Å². The van der Waals surface area contributed by atoms with E-state index in [4.69, 9.17) is 16.9 Å². The third kappa shape index (κ3) is 4.09. The highest BCUT2D eigenvalue weighted by atomic mass is 35.5. The quantitative estimate of drug-likeness (QED) is 0.845. The van der Waals surface area contributed by atoms with Gasteiger partial charge in [-0.1, -0.05) is 11.6 Å². The summed E-state index contributed by atoms with van der Waals surface area (Å²) in [6, 6.07) is 5.90. The molecule has 0 aromatic heterocycles. The Labute approximate surface area is 102 Å². The number of hydrogen-bond acceptors (Lipinski definition) is 3. The fraction of sp³-hybridized carbons (Fsp3) is 0.200. The van der Waals surface area contributed by atoms with Gasteiger partial charge in [-0.2, -0.15) is 5.26 Å². The van der Waals surface area contributed by atoms with E-state index in [2.05, 4.69) is 5.32 Å². The minimum Gasteiger partial charge on any atom is -0.323 e. The zero-order chi connectivity index (χ0) is 12.0. The van der Waals surface area contributed by atoms with Gasteiger partial charge >= 0.3 is 0 Å². The Hall–Kier alpha value is -1.25. The number of rotatable bonds is 4. The minimum absolute atomic E-state index is 0.0898. The largest absolute Gasteiger partial charge is 0.323 e. The lowest BCUT2D eigenvalue weighted by Crippen LogP contribution is -2.15. The molecule has 1 aromatic rings. The summed E-state index contributed by atoms with van der Waals surface area (Å²) >= 11 is 6.73. The molecular weight excluding hydrogens is 251 g/mol. The Morgan fingerprint density at radius 3 is 3.00 bits per heavy atom. The van der Waals surface area contributed by atoms with Gasteiger partial charge in [-0.05, 0) is 18.2 Å². The fourth-order valence-electron chi connectivity index (χ4n) is 0.967. The van der Waals surface area contributed by atoms with E-state index in [0.29, 0.717) is 0 Å². The van der Waals surface area contributed by atoms with Crippen molar-refractivity contribution < 1.29 is 9.18 Å². The second-order valence-electron chi connectivity index (χ2n) is 2.82. The van der Waals surface area contributed by atoms with Crippen LogP contribution in [0.15, 0.2) is 18.2 Å². The molecule has 0 bridgehead atoms. The topological polar surface area (TPSA) is 52.9 Å². The van der Waals surface area contributed by atoms with E-state index in [0.717, 1.165) is 6.07 Å². The molecule has 0 saturated heterocycles. The first-order valence-corrected chi connectivity index (χ1v) is 5.86. The molecular formula is C10H8ClFN2OS. The van der Waals surface area contributed by atoms with Crippen molar-refractivity contribution in [1.29, 1.82) is 5.26 Å². The van der Waals surface area contributed by atoms with Crippen molar-refractivity contribution in [3.63, 3.8) is 0 Å². The third-order valence-corrected chi connectivity index (χ3v) is 2.64. The second-order valence-corrected chi connectivity index (χ2v) is 4.25. The van der Waals surface area contributed by atoms with Crippen molar-refractivity contribution in [2.75, 3.05) is 16.8 Å². The van der Waals surface area contributed by atoms with Crippen LogP contribution in [-0.2, 0) is 4.79 Å². The Morgan fingerprint density at radius 1 is 1.62 bits per heavy atom. The molecule has 1 rings (SSSR count). The number of halogens is 2. The van der Waals surface area contributed by atoms with Gasteiger partial charge in [0, 0.05) is 5.02 Å². The molecule has 0 unspecified atom stereocenters. The first-order valence-electron chi connectivity index (χ1n) is 4.33. The molecule has 6 heteroatoms. The van der Waals surface area contributed by atoms with Crippen molar-refractivity contribution in [2.24, 2.45) is 0 Å². The molecule has 0 atom stereocenters. The number of thioether (sulfide) groups is 1. The molecule has 0 heterocycles. The van der Waals surface area contributed by atoms with Crippen LogP contribution in [0.3, 0.4) is 0 Å². The van der Waals surface area contributed by atoms with E-state index in [-0.39, 0.29) is 28.1 Å². The highest BCUT2D eigenvalue weighted by Gasteiger charge is 2.07. The predicted molar refractivity (Wildman–Crippen MR) is 63.0 cm³/mol. The van der Waals surface area contributed by atoms with Crippen LogP contribution in [-0.4, -0.2) is 17.4 Å². The van der Waals surface area contributed by atoms with Gasteiger partial charge in [0.1, 0.15) is 5.82 Å².